The van der Waals surface area contributed by atoms with Crippen LogP contribution in [0.4, 0.5) is 23.2 Å². The lowest BCUT2D eigenvalue weighted by Crippen LogP contribution is -2.21. The summed E-state index contributed by atoms with van der Waals surface area (Å²) in [6.07, 6.45) is 0. The van der Waals surface area contributed by atoms with Crippen molar-refractivity contribution in [2.24, 2.45) is 0 Å². The van der Waals surface area contributed by atoms with Gasteiger partial charge in [0.15, 0.2) is 104 Å². The van der Waals surface area contributed by atoms with Crippen LogP contribution in [0.15, 0.2) is 121 Å². The fraction of sp³-hybridized carbons (Fsp3) is 0.500. The molecule has 0 N–H and O–H groups in total. The van der Waals surface area contributed by atoms with E-state index in [9.17, 15) is 17.6 Å². The predicted molar refractivity (Wildman–Crippen MR) is 523 cm³/mol. The minimum Gasteiger partial charge on any atom is -0.497 e. The molecule has 7 heterocycles. The Balaban J connectivity index is 0.000000184. The van der Waals surface area contributed by atoms with Crippen molar-refractivity contribution in [3.05, 3.63) is 222 Å². The molecule has 7 aliphatic heterocycles. The molecule has 0 radical (unpaired) electrons. The quantitative estimate of drug-likeness (QED) is 0.121. The van der Waals surface area contributed by atoms with Crippen LogP contribution in [0.3, 0.4) is 0 Å². The molecule has 16 rings (SSSR count). The lowest BCUT2D eigenvalue weighted by Gasteiger charge is -2.28. The Labute approximate surface area is 794 Å². The maximum atomic E-state index is 13.4. The molecule has 18 nitrogen and oxygen atoms in total. The second-order valence-electron chi connectivity index (χ2n) is 42.3. The van der Waals surface area contributed by atoms with Crippen molar-refractivity contribution in [3.63, 3.8) is 0 Å². The molecule has 23 heteroatoms. The molecule has 0 unspecified atom stereocenters. The van der Waals surface area contributed by atoms with Crippen LogP contribution in [0.25, 0.3) is 4.85 Å². The van der Waals surface area contributed by atoms with Gasteiger partial charge >= 0.3 is 0 Å². The number of para-hydroxylation sites is 1. The van der Waals surface area contributed by atoms with Crippen molar-refractivity contribution in [3.8, 4) is 97.7 Å². The largest absolute Gasteiger partial charge is 0.497 e. The molecule has 0 bridgehead atoms. The Morgan fingerprint density at radius 1 is 0.271 bits per heavy atom. The number of methoxy groups -OCH3 is 3. The van der Waals surface area contributed by atoms with Gasteiger partial charge in [-0.3, -0.25) is 0 Å². The van der Waals surface area contributed by atoms with E-state index < -0.39 is 11.6 Å². The summed E-state index contributed by atoms with van der Waals surface area (Å²) in [5, 5.41) is 0.698. The molecule has 0 aromatic heterocycles. The molecule has 133 heavy (non-hydrogen) atoms. The topological polar surface area (TPSA) is 161 Å². The SMILES string of the molecule is CC(C)(C)c1cc(Cl)cc2c1OCCO2.CC(C)(C)c1cc(F)cc2c1OCCO2.CC(C)(C)c1ccc(F)c2c1OCCO2.CC(C)(C)c1cccc2c1OCCO2.COc1c(F)cc(F)cc1C(C)(C)C.COc1cc2c(c(C(C)(C)C)c1)OCCO2.COc1ccc(C)cc1C(C)(C)C.Cc1cc2c(c(C(C)(C)C)c1)OCCO2.[C-]#[N+]c1cc2c(c(C(C)(C)C)c1)OCCO2. The molecule has 726 valence electrons. The van der Waals surface area contributed by atoms with E-state index in [0.717, 1.165) is 97.1 Å². The van der Waals surface area contributed by atoms with Crippen molar-refractivity contribution in [2.75, 3.05) is 114 Å². The lowest BCUT2D eigenvalue weighted by molar-refractivity contribution is 0.161. The summed E-state index contributed by atoms with van der Waals surface area (Å²) in [6.45, 7) is 76.2. The molecule has 0 atom stereocenters. The van der Waals surface area contributed by atoms with Crippen molar-refractivity contribution in [1.82, 2.24) is 0 Å². The van der Waals surface area contributed by atoms with E-state index in [4.69, 9.17) is 98.7 Å². The van der Waals surface area contributed by atoms with E-state index in [-0.39, 0.29) is 71.9 Å². The van der Waals surface area contributed by atoms with Gasteiger partial charge in [-0.15, -0.1) is 0 Å². The smallest absolute Gasteiger partial charge is 0.197 e. The average Bonchev–Trinajstić information content (AvgIpc) is 0.789. The zero-order chi connectivity index (χ0) is 98.9. The van der Waals surface area contributed by atoms with Crippen LogP contribution in [-0.2, 0) is 48.7 Å². The normalized spacial score (nSPS) is 14.3. The zero-order valence-electron chi connectivity index (χ0n) is 84.7. The number of benzene rings is 9. The first-order chi connectivity index (χ1) is 61.9. The van der Waals surface area contributed by atoms with E-state index in [1.807, 2.05) is 96.1 Å². The molecule has 0 saturated heterocycles. The Bertz CT molecular complexity index is 5280. The van der Waals surface area contributed by atoms with Crippen LogP contribution in [0.1, 0.15) is 248 Å². The average molecular weight is 1860 g/mol. The standard InChI is InChI=1S/C13H15NO2.C13H18O3.C13H18O2.C12H15ClO2.2C12H15FO2.C12H16O2.C12H18O.C11H14F2O/c2*1-13(2,3)10-7-9(14-4)8-11-12(10)16-6-5-15-11;1-9-7-10(13(2,3)4)12-11(8-9)14-5-6-15-12;2*1-12(2,3)9-6-8(13)7-10-11(9)15-5-4-14-10;1-12(2,3)8-4-5-9(13)11-10(8)14-6-7-15-11;1-12(2,3)9-5-4-6-10-11(9)14-8-7-13-10;1-9-6-7-11(13-5)10(8-9)12(2,3)4;1-11(2,3)8-5-7(12)6-9(13)10(8)14-4/h7-8H,5-6H2,1-3H3;7-8H,5-6H2,1-4H3;7-8H,5-6H2,1-4H3;2*6-7H,4-5H2,1-3H3;4-5H,6-7H2,1-3H3;4-6H,7-8H2,1-3H3;6-8H,1-5H3;5-6H,1-4H3. The number of nitrogens with zero attached hydrogens (tertiary/aromatic N) is 1. The highest BCUT2D eigenvalue weighted by atomic mass is 35.5. The van der Waals surface area contributed by atoms with E-state index in [0.29, 0.717) is 132 Å². The summed E-state index contributed by atoms with van der Waals surface area (Å²) in [5.74, 6) is 10.5. The van der Waals surface area contributed by atoms with Gasteiger partial charge < -0.3 is 80.5 Å². The van der Waals surface area contributed by atoms with Crippen molar-refractivity contribution >= 4 is 17.3 Å². The number of hydrogen-bond acceptors (Lipinski definition) is 17. The summed E-state index contributed by atoms with van der Waals surface area (Å²) in [6, 6.07) is 36.2. The fourth-order valence-corrected chi connectivity index (χ4v) is 15.1. The Kier molecular flexibility index (Phi) is 36.3. The summed E-state index contributed by atoms with van der Waals surface area (Å²) in [4.78, 5) is 3.47. The first-order valence-corrected chi connectivity index (χ1v) is 45.8. The van der Waals surface area contributed by atoms with Crippen molar-refractivity contribution in [1.29, 1.82) is 0 Å². The number of aryl methyl sites for hydroxylation is 2. The van der Waals surface area contributed by atoms with Crippen LogP contribution in [0.5, 0.6) is 97.7 Å². The van der Waals surface area contributed by atoms with E-state index >= 15 is 0 Å². The second-order valence-corrected chi connectivity index (χ2v) is 42.8. The van der Waals surface area contributed by atoms with Gasteiger partial charge in [0.05, 0.1) is 27.9 Å². The number of rotatable bonds is 3. The molecular formula is C110H144ClF4NO17. The van der Waals surface area contributed by atoms with Crippen LogP contribution < -0.4 is 80.5 Å². The number of halogens is 5. The lowest BCUT2D eigenvalue weighted by atomic mass is 9.85. The van der Waals surface area contributed by atoms with Crippen LogP contribution in [0, 0.1) is 43.7 Å². The summed E-state index contributed by atoms with van der Waals surface area (Å²) in [7, 11) is 4.77. The van der Waals surface area contributed by atoms with E-state index in [2.05, 4.69) is 188 Å². The maximum Gasteiger partial charge on any atom is 0.197 e. The first-order valence-electron chi connectivity index (χ1n) is 45.4. The van der Waals surface area contributed by atoms with Gasteiger partial charge in [-0.2, -0.15) is 0 Å². The maximum absolute atomic E-state index is 13.4. The van der Waals surface area contributed by atoms with E-state index in [1.54, 1.807) is 26.4 Å². The highest BCUT2D eigenvalue weighted by Crippen LogP contribution is 2.50. The van der Waals surface area contributed by atoms with Crippen molar-refractivity contribution in [2.45, 2.75) is 250 Å². The monoisotopic (exact) mass is 1860 g/mol. The highest BCUT2D eigenvalue weighted by Gasteiger charge is 2.34. The molecule has 0 amide bonds. The Morgan fingerprint density at radius 3 is 1.04 bits per heavy atom. The van der Waals surface area contributed by atoms with Gasteiger partial charge in [-0.25, -0.2) is 22.4 Å². The number of hydrogen-bond donors (Lipinski definition) is 0. The first kappa shape index (κ1) is 107. The van der Waals surface area contributed by atoms with Gasteiger partial charge in [0.25, 0.3) is 0 Å². The molecule has 9 aromatic carbocycles. The van der Waals surface area contributed by atoms with Gasteiger partial charge in [0.1, 0.15) is 116 Å². The van der Waals surface area contributed by atoms with Crippen molar-refractivity contribution < 1.29 is 98.1 Å². The number of ether oxygens (including phenoxy) is 17. The van der Waals surface area contributed by atoms with Crippen LogP contribution in [0.2, 0.25) is 5.02 Å². The Hall–Kier alpha value is -10.9. The molecular weight excluding hydrogens is 1720 g/mol. The van der Waals surface area contributed by atoms with Gasteiger partial charge in [0.2, 0.25) is 0 Å². The molecule has 9 aromatic rings. The van der Waals surface area contributed by atoms with Gasteiger partial charge in [-0.1, -0.05) is 241 Å². The second kappa shape index (κ2) is 44.9. The third-order valence-electron chi connectivity index (χ3n) is 21.7. The predicted octanol–water partition coefficient (Wildman–Crippen LogP) is 27.7. The molecule has 7 aliphatic rings. The minimum atomic E-state index is -0.655. The summed E-state index contributed by atoms with van der Waals surface area (Å²) in [5.41, 5.74) is 12.3. The van der Waals surface area contributed by atoms with Gasteiger partial charge in [0, 0.05) is 68.2 Å². The minimum absolute atomic E-state index is 0.00961. The zero-order valence-corrected chi connectivity index (χ0v) is 85.5. The summed E-state index contributed by atoms with van der Waals surface area (Å²) >= 11 is 6.05. The third-order valence-corrected chi connectivity index (χ3v) is 21.9. The van der Waals surface area contributed by atoms with E-state index in [1.165, 1.54) is 59.2 Å². The van der Waals surface area contributed by atoms with Crippen LogP contribution in [-0.4, -0.2) is 114 Å². The molecule has 0 aliphatic carbocycles. The fourth-order valence-electron chi connectivity index (χ4n) is 14.9. The van der Waals surface area contributed by atoms with Crippen LogP contribution >= 0.6 is 11.6 Å². The van der Waals surface area contributed by atoms with Gasteiger partial charge in [-0.05, 0) is 140 Å². The number of fused-ring (bicyclic) bond motifs is 7. The highest BCUT2D eigenvalue weighted by molar-refractivity contribution is 6.30. The molecule has 0 spiro atoms. The Morgan fingerprint density at radius 2 is 0.609 bits per heavy atom. The molecule has 0 fully saturated rings. The summed E-state index contributed by atoms with van der Waals surface area (Å²) < 4.78 is 146. The molecule has 0 saturated carbocycles. The third kappa shape index (κ3) is 29.8.